The zero-order valence-corrected chi connectivity index (χ0v) is 10.4. The Hall–Kier alpha value is -1.65. The highest BCUT2D eigenvalue weighted by Crippen LogP contribution is 2.35. The first-order chi connectivity index (χ1) is 8.50. The van der Waals surface area contributed by atoms with Gasteiger partial charge in [-0.25, -0.2) is 4.39 Å². The molecule has 0 spiro atoms. The molecule has 0 N–H and O–H groups in total. The Balaban J connectivity index is 2.69. The normalized spacial score (nSPS) is 10.4. The summed E-state index contributed by atoms with van der Waals surface area (Å²) in [5, 5.41) is 11.4. The largest absolute Gasteiger partial charge is 0.280 e. The van der Waals surface area contributed by atoms with Gasteiger partial charge in [0.15, 0.2) is 0 Å². The van der Waals surface area contributed by atoms with Crippen LogP contribution in [0.5, 0.6) is 0 Å². The SMILES string of the molecule is O=[N+]([O-])c1cccc(F)c1-c1ccc(Cl)c(Cl)c1. The van der Waals surface area contributed by atoms with E-state index >= 15 is 0 Å². The molecular formula is C12H6Cl2FNO2. The van der Waals surface area contributed by atoms with Crippen molar-refractivity contribution in [3.05, 3.63) is 62.4 Å². The maximum atomic E-state index is 13.7. The summed E-state index contributed by atoms with van der Waals surface area (Å²) < 4.78 is 13.7. The van der Waals surface area contributed by atoms with Gasteiger partial charge in [0, 0.05) is 6.07 Å². The van der Waals surface area contributed by atoms with Crippen molar-refractivity contribution >= 4 is 28.9 Å². The molecule has 0 fully saturated rings. The van der Waals surface area contributed by atoms with Crippen molar-refractivity contribution in [1.82, 2.24) is 0 Å². The van der Waals surface area contributed by atoms with Gasteiger partial charge in [-0.3, -0.25) is 10.1 Å². The molecule has 0 aliphatic rings. The van der Waals surface area contributed by atoms with Gasteiger partial charge in [-0.05, 0) is 23.8 Å². The monoisotopic (exact) mass is 285 g/mol. The summed E-state index contributed by atoms with van der Waals surface area (Å²) in [6.45, 7) is 0. The van der Waals surface area contributed by atoms with Crippen molar-refractivity contribution in [1.29, 1.82) is 0 Å². The zero-order chi connectivity index (χ0) is 13.3. The minimum absolute atomic E-state index is 0.0962. The second-order valence-electron chi connectivity index (χ2n) is 3.52. The highest BCUT2D eigenvalue weighted by atomic mass is 35.5. The van der Waals surface area contributed by atoms with Crippen LogP contribution < -0.4 is 0 Å². The Morgan fingerprint density at radius 1 is 1.11 bits per heavy atom. The molecule has 0 aliphatic heterocycles. The number of rotatable bonds is 2. The fraction of sp³-hybridized carbons (Fsp3) is 0. The van der Waals surface area contributed by atoms with E-state index in [4.69, 9.17) is 23.2 Å². The highest BCUT2D eigenvalue weighted by molar-refractivity contribution is 6.42. The van der Waals surface area contributed by atoms with E-state index in [9.17, 15) is 14.5 Å². The van der Waals surface area contributed by atoms with Gasteiger partial charge in [0.1, 0.15) is 5.82 Å². The molecule has 0 amide bonds. The smallest absolute Gasteiger partial charge is 0.258 e. The Morgan fingerprint density at radius 3 is 2.44 bits per heavy atom. The van der Waals surface area contributed by atoms with Crippen LogP contribution in [0.25, 0.3) is 11.1 Å². The van der Waals surface area contributed by atoms with Crippen molar-refractivity contribution in [3.8, 4) is 11.1 Å². The maximum Gasteiger partial charge on any atom is 0.280 e. The summed E-state index contributed by atoms with van der Waals surface area (Å²) in [6, 6.07) is 8.03. The Kier molecular flexibility index (Phi) is 3.50. The Bertz CT molecular complexity index is 631. The molecule has 0 heterocycles. The van der Waals surface area contributed by atoms with Crippen molar-refractivity contribution in [2.75, 3.05) is 0 Å². The second kappa shape index (κ2) is 4.92. The number of hydrogen-bond acceptors (Lipinski definition) is 2. The van der Waals surface area contributed by atoms with Crippen LogP contribution in [0.1, 0.15) is 0 Å². The van der Waals surface area contributed by atoms with Gasteiger partial charge in [-0.15, -0.1) is 0 Å². The van der Waals surface area contributed by atoms with Gasteiger partial charge in [-0.1, -0.05) is 35.3 Å². The summed E-state index contributed by atoms with van der Waals surface area (Å²) in [6.07, 6.45) is 0. The summed E-state index contributed by atoms with van der Waals surface area (Å²) in [5.74, 6) is -0.678. The first-order valence-electron chi connectivity index (χ1n) is 4.89. The molecule has 2 aromatic carbocycles. The molecule has 2 rings (SSSR count). The third-order valence-electron chi connectivity index (χ3n) is 2.40. The van der Waals surface area contributed by atoms with Gasteiger partial charge < -0.3 is 0 Å². The summed E-state index contributed by atoms with van der Waals surface area (Å²) in [7, 11) is 0. The zero-order valence-electron chi connectivity index (χ0n) is 8.86. The van der Waals surface area contributed by atoms with Crippen LogP contribution in [-0.2, 0) is 0 Å². The molecule has 0 saturated carbocycles. The van der Waals surface area contributed by atoms with Crippen LogP contribution in [-0.4, -0.2) is 4.92 Å². The lowest BCUT2D eigenvalue weighted by atomic mass is 10.0. The predicted octanol–water partition coefficient (Wildman–Crippen LogP) is 4.71. The van der Waals surface area contributed by atoms with E-state index in [0.29, 0.717) is 10.6 Å². The Morgan fingerprint density at radius 2 is 1.83 bits per heavy atom. The fourth-order valence-electron chi connectivity index (χ4n) is 1.60. The first kappa shape index (κ1) is 12.8. The van der Waals surface area contributed by atoms with Crippen molar-refractivity contribution in [3.63, 3.8) is 0 Å². The lowest BCUT2D eigenvalue weighted by Crippen LogP contribution is -1.94. The number of benzene rings is 2. The summed E-state index contributed by atoms with van der Waals surface area (Å²) in [5.41, 5.74) is -0.0938. The third-order valence-corrected chi connectivity index (χ3v) is 3.14. The lowest BCUT2D eigenvalue weighted by Gasteiger charge is -2.05. The van der Waals surface area contributed by atoms with Gasteiger partial charge in [0.05, 0.1) is 20.5 Å². The van der Waals surface area contributed by atoms with Crippen LogP contribution >= 0.6 is 23.2 Å². The van der Waals surface area contributed by atoms with Crippen molar-refractivity contribution < 1.29 is 9.31 Å². The molecule has 0 aromatic heterocycles. The maximum absolute atomic E-state index is 13.7. The van der Waals surface area contributed by atoms with Crippen LogP contribution in [0.15, 0.2) is 36.4 Å². The number of halogens is 3. The Labute approximate surface area is 112 Å². The van der Waals surface area contributed by atoms with Gasteiger partial charge >= 0.3 is 0 Å². The molecule has 3 nitrogen and oxygen atoms in total. The topological polar surface area (TPSA) is 43.1 Å². The van der Waals surface area contributed by atoms with E-state index in [0.717, 1.165) is 6.07 Å². The number of hydrogen-bond donors (Lipinski definition) is 0. The highest BCUT2D eigenvalue weighted by Gasteiger charge is 2.19. The second-order valence-corrected chi connectivity index (χ2v) is 4.33. The van der Waals surface area contributed by atoms with Gasteiger partial charge in [-0.2, -0.15) is 0 Å². The molecular weight excluding hydrogens is 280 g/mol. The van der Waals surface area contributed by atoms with Crippen LogP contribution in [0.2, 0.25) is 10.0 Å². The predicted molar refractivity (Wildman–Crippen MR) is 68.5 cm³/mol. The quantitative estimate of drug-likeness (QED) is 0.592. The van der Waals surface area contributed by atoms with Crippen LogP contribution in [0.3, 0.4) is 0 Å². The lowest BCUT2D eigenvalue weighted by molar-refractivity contribution is -0.384. The molecule has 0 radical (unpaired) electrons. The molecule has 0 unspecified atom stereocenters. The third kappa shape index (κ3) is 2.30. The molecule has 6 heteroatoms. The van der Waals surface area contributed by atoms with Crippen molar-refractivity contribution in [2.24, 2.45) is 0 Å². The minimum Gasteiger partial charge on any atom is -0.258 e. The van der Waals surface area contributed by atoms with Gasteiger partial charge in [0.25, 0.3) is 5.69 Å². The molecule has 0 saturated heterocycles. The van der Waals surface area contributed by atoms with E-state index < -0.39 is 10.7 Å². The van der Waals surface area contributed by atoms with E-state index in [1.165, 1.54) is 30.3 Å². The van der Waals surface area contributed by atoms with Crippen LogP contribution in [0.4, 0.5) is 10.1 Å². The molecule has 0 aliphatic carbocycles. The number of nitro benzene ring substituents is 1. The first-order valence-corrected chi connectivity index (χ1v) is 5.64. The summed E-state index contributed by atoms with van der Waals surface area (Å²) >= 11 is 11.6. The summed E-state index contributed by atoms with van der Waals surface area (Å²) in [4.78, 5) is 10.2. The van der Waals surface area contributed by atoms with E-state index in [1.807, 2.05) is 0 Å². The average Bonchev–Trinajstić information content (AvgIpc) is 2.32. The fourth-order valence-corrected chi connectivity index (χ4v) is 1.90. The molecule has 92 valence electrons. The van der Waals surface area contributed by atoms with Crippen molar-refractivity contribution in [2.45, 2.75) is 0 Å². The number of nitro groups is 1. The molecule has 18 heavy (non-hydrogen) atoms. The van der Waals surface area contributed by atoms with E-state index in [-0.39, 0.29) is 16.3 Å². The van der Waals surface area contributed by atoms with Crippen LogP contribution in [0, 0.1) is 15.9 Å². The molecule has 0 atom stereocenters. The number of nitrogens with zero attached hydrogens (tertiary/aromatic N) is 1. The van der Waals surface area contributed by atoms with E-state index in [1.54, 1.807) is 0 Å². The standard InChI is InChI=1S/C12H6Cl2FNO2/c13-8-5-4-7(6-9(8)14)12-10(15)2-1-3-11(12)16(17)18/h1-6H. The minimum atomic E-state index is -0.678. The molecule has 0 bridgehead atoms. The van der Waals surface area contributed by atoms with E-state index in [2.05, 4.69) is 0 Å². The molecule has 2 aromatic rings. The average molecular weight is 286 g/mol. The van der Waals surface area contributed by atoms with Gasteiger partial charge in [0.2, 0.25) is 0 Å².